The van der Waals surface area contributed by atoms with Crippen LogP contribution in [0.25, 0.3) is 0 Å². The maximum atomic E-state index is 6.36. The maximum absolute atomic E-state index is 6.36. The fraction of sp³-hybridized carbons (Fsp3) is 0.571. The number of nitrogens with two attached hydrogens (primary N) is 1. The van der Waals surface area contributed by atoms with Crippen LogP contribution in [0.1, 0.15) is 36.1 Å². The number of methoxy groups -OCH3 is 2. The Morgan fingerprint density at radius 2 is 2.06 bits per heavy atom. The monoisotopic (exact) mass is 267 g/mol. The molecule has 1 heterocycles. The molecule has 1 aliphatic heterocycles. The molecule has 1 unspecified atom stereocenters. The molecule has 1 aliphatic rings. The molecule has 0 aliphatic carbocycles. The summed E-state index contributed by atoms with van der Waals surface area (Å²) in [5.41, 5.74) is 10.0. The van der Waals surface area contributed by atoms with Crippen LogP contribution in [0.2, 0.25) is 0 Å². The first-order valence-corrected chi connectivity index (χ1v) is 7.24. The van der Waals surface area contributed by atoms with E-state index in [2.05, 4.69) is 13.8 Å². The molecule has 0 saturated heterocycles. The largest absolute Gasteiger partial charge is 0.493 e. The summed E-state index contributed by atoms with van der Waals surface area (Å²) >= 11 is 1.96. The fourth-order valence-electron chi connectivity index (χ4n) is 2.55. The van der Waals surface area contributed by atoms with Crippen LogP contribution in [0.5, 0.6) is 11.5 Å². The maximum Gasteiger partial charge on any atom is 0.165 e. The average molecular weight is 267 g/mol. The van der Waals surface area contributed by atoms with Gasteiger partial charge in [-0.3, -0.25) is 0 Å². The third kappa shape index (κ3) is 2.31. The molecule has 18 heavy (non-hydrogen) atoms. The summed E-state index contributed by atoms with van der Waals surface area (Å²) in [5, 5.41) is 0.572. The predicted molar refractivity (Wildman–Crippen MR) is 76.6 cm³/mol. The zero-order valence-corrected chi connectivity index (χ0v) is 12.3. The lowest BCUT2D eigenvalue weighted by Gasteiger charge is -2.21. The van der Waals surface area contributed by atoms with E-state index in [0.717, 1.165) is 29.2 Å². The Kier molecular flexibility index (Phi) is 4.07. The van der Waals surface area contributed by atoms with Crippen molar-refractivity contribution in [3.63, 3.8) is 0 Å². The molecule has 100 valence electrons. The van der Waals surface area contributed by atoms with Gasteiger partial charge in [0.25, 0.3) is 0 Å². The molecule has 2 N–H and O–H groups in total. The van der Waals surface area contributed by atoms with Crippen LogP contribution in [0.15, 0.2) is 6.07 Å². The Balaban J connectivity index is 2.62. The van der Waals surface area contributed by atoms with E-state index in [1.165, 1.54) is 11.1 Å². The predicted octanol–water partition coefficient (Wildman–Crippen LogP) is 3.04. The molecule has 0 spiro atoms. The molecule has 0 amide bonds. The zero-order valence-electron chi connectivity index (χ0n) is 11.4. The van der Waals surface area contributed by atoms with E-state index in [1.807, 2.05) is 17.8 Å². The summed E-state index contributed by atoms with van der Waals surface area (Å²) in [4.78, 5) is 0. The molecule has 3 nitrogen and oxygen atoms in total. The number of aryl methyl sites for hydroxylation is 1. The minimum atomic E-state index is 0.0220. The minimum absolute atomic E-state index is 0.0220. The molecule has 0 fully saturated rings. The summed E-state index contributed by atoms with van der Waals surface area (Å²) in [7, 11) is 3.35. The summed E-state index contributed by atoms with van der Waals surface area (Å²) in [6.45, 7) is 4.35. The fourth-order valence-corrected chi connectivity index (χ4v) is 3.72. The van der Waals surface area contributed by atoms with Gasteiger partial charge in [0.1, 0.15) is 0 Å². The molecule has 4 heteroatoms. The smallest absolute Gasteiger partial charge is 0.165 e. The normalized spacial score (nSPS) is 23.2. The number of benzene rings is 1. The van der Waals surface area contributed by atoms with E-state index in [4.69, 9.17) is 15.2 Å². The van der Waals surface area contributed by atoms with Crippen LogP contribution in [-0.2, 0) is 5.75 Å². The second kappa shape index (κ2) is 5.41. The van der Waals surface area contributed by atoms with Gasteiger partial charge in [0.05, 0.1) is 14.2 Å². The van der Waals surface area contributed by atoms with E-state index >= 15 is 0 Å². The van der Waals surface area contributed by atoms with Gasteiger partial charge in [-0.15, -0.1) is 0 Å². The number of fused-ring (bicyclic) bond motifs is 1. The van der Waals surface area contributed by atoms with Gasteiger partial charge in [0.15, 0.2) is 11.5 Å². The number of hydrogen-bond donors (Lipinski definition) is 1. The van der Waals surface area contributed by atoms with E-state index in [-0.39, 0.29) is 6.04 Å². The Labute approximate surface area is 113 Å². The zero-order chi connectivity index (χ0) is 13.3. The highest BCUT2D eigenvalue weighted by molar-refractivity contribution is 7.99. The van der Waals surface area contributed by atoms with Crippen molar-refractivity contribution in [3.05, 3.63) is 22.8 Å². The number of thioether (sulfide) groups is 1. The van der Waals surface area contributed by atoms with Crippen LogP contribution in [0.3, 0.4) is 0 Å². The van der Waals surface area contributed by atoms with E-state index < -0.39 is 0 Å². The van der Waals surface area contributed by atoms with Crippen molar-refractivity contribution in [3.8, 4) is 11.5 Å². The van der Waals surface area contributed by atoms with E-state index in [0.29, 0.717) is 5.25 Å². The second-order valence-corrected chi connectivity index (χ2v) is 6.21. The topological polar surface area (TPSA) is 44.5 Å². The molecule has 1 aromatic rings. The first-order valence-electron chi connectivity index (χ1n) is 6.20. The average Bonchev–Trinajstić information content (AvgIpc) is 2.49. The van der Waals surface area contributed by atoms with Gasteiger partial charge in [-0.25, -0.2) is 0 Å². The van der Waals surface area contributed by atoms with Crippen molar-refractivity contribution in [1.82, 2.24) is 0 Å². The highest BCUT2D eigenvalue weighted by Crippen LogP contribution is 2.44. The second-order valence-electron chi connectivity index (χ2n) is 4.79. The van der Waals surface area contributed by atoms with Crippen molar-refractivity contribution in [1.29, 1.82) is 0 Å². The Morgan fingerprint density at radius 3 is 2.67 bits per heavy atom. The van der Waals surface area contributed by atoms with Crippen LogP contribution >= 0.6 is 11.8 Å². The lowest BCUT2D eigenvalue weighted by atomic mass is 9.93. The van der Waals surface area contributed by atoms with Gasteiger partial charge in [0, 0.05) is 22.6 Å². The van der Waals surface area contributed by atoms with Gasteiger partial charge in [0.2, 0.25) is 0 Å². The molecule has 0 radical (unpaired) electrons. The van der Waals surface area contributed by atoms with Crippen LogP contribution in [0, 0.1) is 6.92 Å². The van der Waals surface area contributed by atoms with Crippen LogP contribution < -0.4 is 15.2 Å². The quantitative estimate of drug-likeness (QED) is 0.894. The van der Waals surface area contributed by atoms with Crippen molar-refractivity contribution in [2.45, 2.75) is 37.3 Å². The summed E-state index contributed by atoms with van der Waals surface area (Å²) in [6, 6.07) is 2.06. The van der Waals surface area contributed by atoms with Crippen molar-refractivity contribution >= 4 is 11.8 Å². The molecule has 0 saturated carbocycles. The number of hydrogen-bond acceptors (Lipinski definition) is 4. The number of rotatable bonds is 2. The van der Waals surface area contributed by atoms with Gasteiger partial charge in [-0.05, 0) is 30.5 Å². The molecular formula is C14H21NO2S. The Bertz CT molecular complexity index is 448. The van der Waals surface area contributed by atoms with Crippen LogP contribution in [0.4, 0.5) is 0 Å². The Morgan fingerprint density at radius 1 is 1.33 bits per heavy atom. The molecule has 2 rings (SSSR count). The number of ether oxygens (including phenoxy) is 2. The van der Waals surface area contributed by atoms with Gasteiger partial charge >= 0.3 is 0 Å². The third-order valence-corrected chi connectivity index (χ3v) is 4.73. The highest BCUT2D eigenvalue weighted by Gasteiger charge is 2.27. The molecule has 2 atom stereocenters. The SMILES string of the molecule is COc1cc(C)c2c(c1OC)[C@@H](N)CC(C)SC2. The Hall–Kier alpha value is -0.870. The summed E-state index contributed by atoms with van der Waals surface area (Å²) < 4.78 is 10.9. The minimum Gasteiger partial charge on any atom is -0.493 e. The van der Waals surface area contributed by atoms with Gasteiger partial charge < -0.3 is 15.2 Å². The molecule has 0 aromatic heterocycles. The van der Waals surface area contributed by atoms with E-state index in [1.54, 1.807) is 14.2 Å². The summed E-state index contributed by atoms with van der Waals surface area (Å²) in [5.74, 6) is 2.58. The molecule has 1 aromatic carbocycles. The standard InChI is InChI=1S/C14H21NO2S/c1-8-5-12(16-3)14(17-4)13-10(8)7-18-9(2)6-11(13)15/h5,9,11H,6-7,15H2,1-4H3/t9?,11-/m0/s1. The van der Waals surface area contributed by atoms with Crippen molar-refractivity contribution < 1.29 is 9.47 Å². The lowest BCUT2D eigenvalue weighted by Crippen LogP contribution is -2.16. The highest BCUT2D eigenvalue weighted by atomic mass is 32.2. The lowest BCUT2D eigenvalue weighted by molar-refractivity contribution is 0.348. The molecular weight excluding hydrogens is 246 g/mol. The van der Waals surface area contributed by atoms with Crippen molar-refractivity contribution in [2.24, 2.45) is 5.73 Å². The molecule has 0 bridgehead atoms. The van der Waals surface area contributed by atoms with Gasteiger partial charge in [-0.2, -0.15) is 11.8 Å². The first kappa shape index (κ1) is 13.6. The third-order valence-electron chi connectivity index (χ3n) is 3.51. The summed E-state index contributed by atoms with van der Waals surface area (Å²) in [6.07, 6.45) is 0.973. The van der Waals surface area contributed by atoms with Gasteiger partial charge in [-0.1, -0.05) is 6.92 Å². The van der Waals surface area contributed by atoms with E-state index in [9.17, 15) is 0 Å². The van der Waals surface area contributed by atoms with Crippen LogP contribution in [-0.4, -0.2) is 19.5 Å². The first-order chi connectivity index (χ1) is 8.58. The van der Waals surface area contributed by atoms with Crippen molar-refractivity contribution in [2.75, 3.05) is 14.2 Å².